The van der Waals surface area contributed by atoms with Crippen LogP contribution in [0.1, 0.15) is 5.56 Å². The summed E-state index contributed by atoms with van der Waals surface area (Å²) in [5.74, 6) is 0. The average Bonchev–Trinajstić information content (AvgIpc) is 2.57. The zero-order chi connectivity index (χ0) is 16.4. The number of anilines is 1. The zero-order valence-electron chi connectivity index (χ0n) is 13.2. The van der Waals surface area contributed by atoms with Crippen molar-refractivity contribution in [2.45, 2.75) is 6.92 Å². The topological polar surface area (TPSA) is 25.4 Å². The van der Waals surface area contributed by atoms with Crippen LogP contribution in [-0.4, -0.2) is 23.8 Å². The van der Waals surface area contributed by atoms with E-state index in [4.69, 9.17) is 21.9 Å². The standard InChI is InChI=1S/C19H18N2OS/c1-4-11-21(19(23)22-3)18-14-7-5-6-8-16(14)20-17-12-13(2)9-10-15(17)18/h4-10,12H,1,11H2,2-3H3. The van der Waals surface area contributed by atoms with Crippen LogP contribution in [0.5, 0.6) is 0 Å². The molecule has 0 radical (unpaired) electrons. The molecule has 4 heteroatoms. The lowest BCUT2D eigenvalue weighted by Crippen LogP contribution is -2.31. The van der Waals surface area contributed by atoms with Gasteiger partial charge in [-0.2, -0.15) is 0 Å². The van der Waals surface area contributed by atoms with Crippen LogP contribution < -0.4 is 4.90 Å². The first kappa shape index (κ1) is 15.4. The van der Waals surface area contributed by atoms with Gasteiger partial charge in [-0.05, 0) is 36.8 Å². The minimum absolute atomic E-state index is 0.420. The minimum atomic E-state index is 0.420. The number of hydrogen-bond donors (Lipinski definition) is 0. The van der Waals surface area contributed by atoms with Gasteiger partial charge in [0.05, 0.1) is 23.8 Å². The van der Waals surface area contributed by atoms with Crippen molar-refractivity contribution < 1.29 is 4.74 Å². The molecule has 0 saturated heterocycles. The molecule has 2 aromatic carbocycles. The summed E-state index contributed by atoms with van der Waals surface area (Å²) in [6, 6.07) is 14.3. The molecule has 0 saturated carbocycles. The van der Waals surface area contributed by atoms with Gasteiger partial charge in [-0.15, -0.1) is 6.58 Å². The average molecular weight is 322 g/mol. The molecule has 1 aromatic heterocycles. The van der Waals surface area contributed by atoms with Gasteiger partial charge >= 0.3 is 0 Å². The van der Waals surface area contributed by atoms with Crippen molar-refractivity contribution >= 4 is 44.9 Å². The van der Waals surface area contributed by atoms with Crippen LogP contribution in [0.3, 0.4) is 0 Å². The van der Waals surface area contributed by atoms with Crippen LogP contribution in [0.15, 0.2) is 55.1 Å². The third kappa shape index (κ3) is 2.78. The fourth-order valence-corrected chi connectivity index (χ4v) is 2.93. The summed E-state index contributed by atoms with van der Waals surface area (Å²) in [6.07, 6.45) is 1.82. The lowest BCUT2D eigenvalue weighted by molar-refractivity contribution is 0.404. The van der Waals surface area contributed by atoms with Gasteiger partial charge in [0.15, 0.2) is 0 Å². The Balaban J connectivity index is 2.41. The van der Waals surface area contributed by atoms with Gasteiger partial charge < -0.3 is 4.74 Å². The number of benzene rings is 2. The van der Waals surface area contributed by atoms with Crippen LogP contribution in [0, 0.1) is 6.92 Å². The molecule has 0 atom stereocenters. The molecule has 1 heterocycles. The quantitative estimate of drug-likeness (QED) is 0.399. The third-order valence-electron chi connectivity index (χ3n) is 3.79. The molecule has 0 spiro atoms. The van der Waals surface area contributed by atoms with Crippen LogP contribution >= 0.6 is 12.2 Å². The smallest absolute Gasteiger partial charge is 0.263 e. The van der Waals surface area contributed by atoms with Crippen molar-refractivity contribution in [2.75, 3.05) is 18.6 Å². The van der Waals surface area contributed by atoms with E-state index in [2.05, 4.69) is 37.8 Å². The van der Waals surface area contributed by atoms with Gasteiger partial charge in [0.1, 0.15) is 0 Å². The maximum absolute atomic E-state index is 5.41. The fourth-order valence-electron chi connectivity index (χ4n) is 2.77. The lowest BCUT2D eigenvalue weighted by atomic mass is 10.1. The first-order valence-electron chi connectivity index (χ1n) is 7.41. The summed E-state index contributed by atoms with van der Waals surface area (Å²) in [6.45, 7) is 6.48. The monoisotopic (exact) mass is 322 g/mol. The summed E-state index contributed by atoms with van der Waals surface area (Å²) in [5, 5.41) is 2.52. The van der Waals surface area contributed by atoms with E-state index in [0.717, 1.165) is 27.5 Å². The third-order valence-corrected chi connectivity index (χ3v) is 4.17. The Morgan fingerprint density at radius 3 is 2.70 bits per heavy atom. The molecular formula is C19H18N2OS. The SMILES string of the molecule is C=CCN(C(=S)OC)c1c2ccccc2nc2cc(C)ccc12. The number of aryl methyl sites for hydroxylation is 1. The summed E-state index contributed by atoms with van der Waals surface area (Å²) >= 11 is 5.41. The highest BCUT2D eigenvalue weighted by molar-refractivity contribution is 7.80. The summed E-state index contributed by atoms with van der Waals surface area (Å²) in [7, 11) is 1.59. The van der Waals surface area contributed by atoms with Gasteiger partial charge in [0, 0.05) is 17.3 Å². The number of ether oxygens (including phenoxy) is 1. The largest absolute Gasteiger partial charge is 0.474 e. The molecule has 116 valence electrons. The Bertz CT molecular complexity index is 904. The predicted octanol–water partition coefficient (Wildman–Crippen LogP) is 4.62. The van der Waals surface area contributed by atoms with Gasteiger partial charge in [0.2, 0.25) is 0 Å². The Morgan fingerprint density at radius 2 is 1.96 bits per heavy atom. The van der Waals surface area contributed by atoms with E-state index in [1.165, 1.54) is 5.56 Å². The Hall–Kier alpha value is -2.46. The molecule has 0 amide bonds. The molecule has 0 bridgehead atoms. The number of para-hydroxylation sites is 1. The van der Waals surface area contributed by atoms with E-state index in [9.17, 15) is 0 Å². The maximum Gasteiger partial charge on any atom is 0.263 e. The van der Waals surface area contributed by atoms with Crippen LogP contribution in [0.2, 0.25) is 0 Å². The Kier molecular flexibility index (Phi) is 4.26. The first-order valence-corrected chi connectivity index (χ1v) is 7.82. The molecule has 0 fully saturated rings. The number of aromatic nitrogens is 1. The molecule has 0 unspecified atom stereocenters. The molecule has 3 rings (SSSR count). The van der Waals surface area contributed by atoms with Crippen molar-refractivity contribution in [3.63, 3.8) is 0 Å². The van der Waals surface area contributed by atoms with Crippen LogP contribution in [0.25, 0.3) is 21.8 Å². The molecule has 23 heavy (non-hydrogen) atoms. The van der Waals surface area contributed by atoms with E-state index in [-0.39, 0.29) is 0 Å². The molecule has 0 aliphatic rings. The van der Waals surface area contributed by atoms with E-state index < -0.39 is 0 Å². The number of pyridine rings is 1. The van der Waals surface area contributed by atoms with Crippen LogP contribution in [0.4, 0.5) is 5.69 Å². The normalized spacial score (nSPS) is 10.7. The molecule has 3 aromatic rings. The first-order chi connectivity index (χ1) is 11.2. The second-order valence-corrected chi connectivity index (χ2v) is 5.72. The Morgan fingerprint density at radius 1 is 1.22 bits per heavy atom. The fraction of sp³-hybridized carbons (Fsp3) is 0.158. The van der Waals surface area contributed by atoms with Gasteiger partial charge in [-0.1, -0.05) is 36.4 Å². The van der Waals surface area contributed by atoms with E-state index >= 15 is 0 Å². The lowest BCUT2D eigenvalue weighted by Gasteiger charge is -2.25. The summed E-state index contributed by atoms with van der Waals surface area (Å²) in [4.78, 5) is 6.75. The highest BCUT2D eigenvalue weighted by Crippen LogP contribution is 2.34. The van der Waals surface area contributed by atoms with Crippen molar-refractivity contribution in [1.82, 2.24) is 4.98 Å². The predicted molar refractivity (Wildman–Crippen MR) is 101 cm³/mol. The van der Waals surface area contributed by atoms with E-state index in [1.807, 2.05) is 29.2 Å². The van der Waals surface area contributed by atoms with Crippen molar-refractivity contribution in [3.05, 3.63) is 60.7 Å². The van der Waals surface area contributed by atoms with E-state index in [0.29, 0.717) is 11.7 Å². The second-order valence-electron chi connectivity index (χ2n) is 5.37. The van der Waals surface area contributed by atoms with E-state index in [1.54, 1.807) is 7.11 Å². The highest BCUT2D eigenvalue weighted by Gasteiger charge is 2.18. The summed E-state index contributed by atoms with van der Waals surface area (Å²) in [5.41, 5.74) is 4.08. The number of thiocarbonyl (C=S) groups is 1. The molecule has 0 N–H and O–H groups in total. The zero-order valence-corrected chi connectivity index (χ0v) is 14.1. The molecule has 0 aliphatic heterocycles. The highest BCUT2D eigenvalue weighted by atomic mass is 32.1. The molecule has 3 nitrogen and oxygen atoms in total. The van der Waals surface area contributed by atoms with Crippen molar-refractivity contribution in [3.8, 4) is 0 Å². The van der Waals surface area contributed by atoms with Gasteiger partial charge in [-0.3, -0.25) is 4.90 Å². The van der Waals surface area contributed by atoms with Crippen molar-refractivity contribution in [1.29, 1.82) is 0 Å². The number of hydrogen-bond acceptors (Lipinski definition) is 3. The number of nitrogens with zero attached hydrogens (tertiary/aromatic N) is 2. The van der Waals surface area contributed by atoms with Crippen LogP contribution in [-0.2, 0) is 4.74 Å². The van der Waals surface area contributed by atoms with Gasteiger partial charge in [0.25, 0.3) is 5.17 Å². The molecule has 0 aliphatic carbocycles. The second kappa shape index (κ2) is 6.34. The number of fused-ring (bicyclic) bond motifs is 2. The minimum Gasteiger partial charge on any atom is -0.474 e. The number of methoxy groups -OCH3 is 1. The molecular weight excluding hydrogens is 304 g/mol. The van der Waals surface area contributed by atoms with Crippen molar-refractivity contribution in [2.24, 2.45) is 0 Å². The Labute approximate surface area is 141 Å². The summed E-state index contributed by atoms with van der Waals surface area (Å²) < 4.78 is 5.33. The number of rotatable bonds is 3. The maximum atomic E-state index is 5.41. The van der Waals surface area contributed by atoms with Gasteiger partial charge in [-0.25, -0.2) is 4.98 Å².